The minimum absolute atomic E-state index is 0.0317. The third-order valence-corrected chi connectivity index (χ3v) is 5.86. The number of carbonyl (C=O) groups is 2. The van der Waals surface area contributed by atoms with E-state index in [2.05, 4.69) is 15.0 Å². The van der Waals surface area contributed by atoms with Gasteiger partial charge in [0.1, 0.15) is 10.6 Å². The van der Waals surface area contributed by atoms with Gasteiger partial charge in [-0.1, -0.05) is 0 Å². The highest BCUT2D eigenvalue weighted by molar-refractivity contribution is 7.18. The highest BCUT2D eigenvalue weighted by Gasteiger charge is 2.31. The van der Waals surface area contributed by atoms with Crippen LogP contribution in [-0.4, -0.2) is 33.9 Å². The largest absolute Gasteiger partial charge is 0.573 e. The van der Waals surface area contributed by atoms with Crippen LogP contribution in [0.5, 0.6) is 5.75 Å². The summed E-state index contributed by atoms with van der Waals surface area (Å²) in [5.74, 6) is -1.80. The third-order valence-electron chi connectivity index (χ3n) is 4.75. The molecule has 1 unspecified atom stereocenters. The fourth-order valence-electron chi connectivity index (χ4n) is 2.93. The number of halogens is 3. The molecule has 12 heteroatoms. The number of rotatable bonds is 7. The van der Waals surface area contributed by atoms with Crippen molar-refractivity contribution < 1.29 is 32.2 Å². The highest BCUT2D eigenvalue weighted by atomic mass is 32.1. The maximum Gasteiger partial charge on any atom is 0.573 e. The smallest absolute Gasteiger partial charge is 0.452 e. The third kappa shape index (κ3) is 6.09. The van der Waals surface area contributed by atoms with E-state index in [-0.39, 0.29) is 24.2 Å². The van der Waals surface area contributed by atoms with Crippen molar-refractivity contribution in [3.63, 3.8) is 0 Å². The van der Waals surface area contributed by atoms with Gasteiger partial charge in [0.05, 0.1) is 18.1 Å². The molecule has 2 aromatic heterocycles. The molecule has 1 N–H and O–H groups in total. The number of amides is 1. The number of ether oxygens (including phenoxy) is 2. The zero-order chi connectivity index (χ0) is 24.3. The van der Waals surface area contributed by atoms with E-state index >= 15 is 0 Å². The number of carbonyl (C=O) groups excluding carboxylic acids is 2. The number of nitrogens with zero attached hydrogens (tertiary/aromatic N) is 2. The first-order valence-corrected chi connectivity index (χ1v) is 10.6. The van der Waals surface area contributed by atoms with E-state index in [9.17, 15) is 27.6 Å². The van der Waals surface area contributed by atoms with Crippen LogP contribution in [0, 0.1) is 13.8 Å². The predicted molar refractivity (Wildman–Crippen MR) is 115 cm³/mol. The standard InChI is InChI=1S/C21H20F3N3O5S/c1-11-13(3)33-19-17(11)20(30)27(10-25-19)9-8-16(28)31-12(2)18(29)26-14-4-6-15(7-5-14)32-21(22,23)24/h4-7,10,12H,8-9H2,1-3H3,(H,26,29). The number of esters is 1. The Morgan fingerprint density at radius 2 is 1.88 bits per heavy atom. The van der Waals surface area contributed by atoms with E-state index in [0.717, 1.165) is 22.6 Å². The van der Waals surface area contributed by atoms with E-state index in [1.807, 2.05) is 13.8 Å². The maximum absolute atomic E-state index is 12.7. The summed E-state index contributed by atoms with van der Waals surface area (Å²) in [7, 11) is 0. The highest BCUT2D eigenvalue weighted by Crippen LogP contribution is 2.26. The molecule has 176 valence electrons. The van der Waals surface area contributed by atoms with E-state index in [1.54, 1.807) is 0 Å². The SMILES string of the molecule is Cc1sc2ncn(CCC(=O)OC(C)C(=O)Nc3ccc(OC(F)(F)F)cc3)c(=O)c2c1C. The van der Waals surface area contributed by atoms with Gasteiger partial charge in [0.15, 0.2) is 6.10 Å². The van der Waals surface area contributed by atoms with E-state index in [1.165, 1.54) is 41.3 Å². The fourth-order valence-corrected chi connectivity index (χ4v) is 3.92. The minimum Gasteiger partial charge on any atom is -0.452 e. The summed E-state index contributed by atoms with van der Waals surface area (Å²) in [6.07, 6.45) is -4.77. The molecular formula is C21H20F3N3O5S. The van der Waals surface area contributed by atoms with Crippen molar-refractivity contribution in [3.8, 4) is 5.75 Å². The van der Waals surface area contributed by atoms with Gasteiger partial charge in [0.2, 0.25) is 0 Å². The first-order valence-electron chi connectivity index (χ1n) is 9.76. The zero-order valence-corrected chi connectivity index (χ0v) is 18.7. The molecular weight excluding hydrogens is 463 g/mol. The number of alkyl halides is 3. The Morgan fingerprint density at radius 3 is 2.52 bits per heavy atom. The second-order valence-corrected chi connectivity index (χ2v) is 8.35. The van der Waals surface area contributed by atoms with Gasteiger partial charge in [-0.3, -0.25) is 19.0 Å². The molecule has 0 spiro atoms. The Labute approximate surface area is 190 Å². The van der Waals surface area contributed by atoms with Crippen molar-refractivity contribution in [1.29, 1.82) is 0 Å². The number of anilines is 1. The molecule has 0 aliphatic rings. The van der Waals surface area contributed by atoms with Crippen LogP contribution in [0.3, 0.4) is 0 Å². The summed E-state index contributed by atoms with van der Waals surface area (Å²) in [6, 6.07) is 4.52. The number of aromatic nitrogens is 2. The van der Waals surface area contributed by atoms with E-state index in [4.69, 9.17) is 4.74 Å². The van der Waals surface area contributed by atoms with Crippen LogP contribution in [0.4, 0.5) is 18.9 Å². The topological polar surface area (TPSA) is 99.5 Å². The van der Waals surface area contributed by atoms with Crippen molar-refractivity contribution in [1.82, 2.24) is 9.55 Å². The van der Waals surface area contributed by atoms with Crippen LogP contribution in [0.15, 0.2) is 35.4 Å². The molecule has 2 heterocycles. The van der Waals surface area contributed by atoms with Crippen LogP contribution in [0.25, 0.3) is 10.2 Å². The molecule has 3 aromatic rings. The first kappa shape index (κ1) is 24.2. The summed E-state index contributed by atoms with van der Waals surface area (Å²) < 4.78 is 46.8. The van der Waals surface area contributed by atoms with E-state index < -0.39 is 30.1 Å². The lowest BCUT2D eigenvalue weighted by Crippen LogP contribution is -2.30. The van der Waals surface area contributed by atoms with Gasteiger partial charge in [-0.2, -0.15) is 0 Å². The van der Waals surface area contributed by atoms with Crippen LogP contribution >= 0.6 is 11.3 Å². The lowest BCUT2D eigenvalue weighted by molar-refractivity contribution is -0.274. The molecule has 0 saturated heterocycles. The van der Waals surface area contributed by atoms with Gasteiger partial charge in [0.25, 0.3) is 11.5 Å². The fraction of sp³-hybridized carbons (Fsp3) is 0.333. The van der Waals surface area contributed by atoms with Crippen molar-refractivity contribution >= 4 is 39.1 Å². The lowest BCUT2D eigenvalue weighted by Gasteiger charge is -2.14. The van der Waals surface area contributed by atoms with Crippen molar-refractivity contribution in [3.05, 3.63) is 51.4 Å². The van der Waals surface area contributed by atoms with Crippen molar-refractivity contribution in [2.45, 2.75) is 46.2 Å². The minimum atomic E-state index is -4.82. The second kappa shape index (κ2) is 9.61. The van der Waals surface area contributed by atoms with Gasteiger partial charge in [-0.15, -0.1) is 24.5 Å². The van der Waals surface area contributed by atoms with Crippen LogP contribution in [-0.2, 0) is 20.9 Å². The van der Waals surface area contributed by atoms with E-state index in [0.29, 0.717) is 10.2 Å². The van der Waals surface area contributed by atoms with Crippen molar-refractivity contribution in [2.75, 3.05) is 5.32 Å². The lowest BCUT2D eigenvalue weighted by atomic mass is 10.2. The van der Waals surface area contributed by atoms with Gasteiger partial charge in [0, 0.05) is 17.1 Å². The molecule has 0 aliphatic carbocycles. The Bertz CT molecular complexity index is 1230. The number of fused-ring (bicyclic) bond motifs is 1. The summed E-state index contributed by atoms with van der Waals surface area (Å²) in [5.41, 5.74) is 0.802. The molecule has 33 heavy (non-hydrogen) atoms. The second-order valence-electron chi connectivity index (χ2n) is 7.15. The number of aryl methyl sites for hydroxylation is 3. The normalized spacial score (nSPS) is 12.4. The average Bonchev–Trinajstić information content (AvgIpc) is 3.02. The first-order chi connectivity index (χ1) is 15.4. The Kier molecular flexibility index (Phi) is 7.06. The molecule has 1 amide bonds. The number of nitrogens with one attached hydrogen (secondary N) is 1. The van der Waals surface area contributed by atoms with Crippen LogP contribution in [0.2, 0.25) is 0 Å². The number of hydrogen-bond donors (Lipinski definition) is 1. The number of benzene rings is 1. The van der Waals surface area contributed by atoms with Gasteiger partial charge in [-0.05, 0) is 50.6 Å². The summed E-state index contributed by atoms with van der Waals surface area (Å²) in [4.78, 5) is 42.9. The number of thiophene rings is 1. The van der Waals surface area contributed by atoms with Gasteiger partial charge < -0.3 is 14.8 Å². The molecule has 0 radical (unpaired) electrons. The molecule has 1 aromatic carbocycles. The predicted octanol–water partition coefficient (Wildman–Crippen LogP) is 3.93. The maximum atomic E-state index is 12.7. The zero-order valence-electron chi connectivity index (χ0n) is 17.9. The van der Waals surface area contributed by atoms with Gasteiger partial charge >= 0.3 is 12.3 Å². The number of hydrogen-bond acceptors (Lipinski definition) is 7. The Morgan fingerprint density at radius 1 is 1.21 bits per heavy atom. The molecule has 0 fully saturated rings. The molecule has 0 aliphatic heterocycles. The molecule has 0 saturated carbocycles. The molecule has 3 rings (SSSR count). The summed E-state index contributed by atoms with van der Waals surface area (Å²) >= 11 is 1.42. The van der Waals surface area contributed by atoms with Gasteiger partial charge in [-0.25, -0.2) is 4.98 Å². The molecule has 0 bridgehead atoms. The molecule has 1 atom stereocenters. The summed E-state index contributed by atoms with van der Waals surface area (Å²) in [5, 5.41) is 2.95. The summed E-state index contributed by atoms with van der Waals surface area (Å²) in [6.45, 7) is 5.13. The Hall–Kier alpha value is -3.41. The van der Waals surface area contributed by atoms with Crippen LogP contribution < -0.4 is 15.6 Å². The Balaban J connectivity index is 1.53. The average molecular weight is 483 g/mol. The monoisotopic (exact) mass is 483 g/mol. The molecule has 8 nitrogen and oxygen atoms in total. The van der Waals surface area contributed by atoms with Crippen molar-refractivity contribution in [2.24, 2.45) is 0 Å². The van der Waals surface area contributed by atoms with Crippen LogP contribution in [0.1, 0.15) is 23.8 Å². The quantitative estimate of drug-likeness (QED) is 0.511.